The van der Waals surface area contributed by atoms with E-state index in [0.717, 1.165) is 38.6 Å². The highest BCUT2D eigenvalue weighted by molar-refractivity contribution is 7.89. The van der Waals surface area contributed by atoms with Crippen LogP contribution in [0.3, 0.4) is 0 Å². The smallest absolute Gasteiger partial charge is 0.417 e. The molecule has 0 saturated carbocycles. The minimum absolute atomic E-state index is 0.0827. The van der Waals surface area contributed by atoms with Crippen LogP contribution < -0.4 is 9.64 Å². The first-order chi connectivity index (χ1) is 15.7. The summed E-state index contributed by atoms with van der Waals surface area (Å²) >= 11 is 1.46. The van der Waals surface area contributed by atoms with Gasteiger partial charge in [-0.15, -0.1) is 11.3 Å². The summed E-state index contributed by atoms with van der Waals surface area (Å²) in [6.45, 7) is 0.859. The summed E-state index contributed by atoms with van der Waals surface area (Å²) in [5.41, 5.74) is 0.803. The van der Waals surface area contributed by atoms with Crippen LogP contribution in [0.1, 0.15) is 16.8 Å². The van der Waals surface area contributed by atoms with Crippen molar-refractivity contribution in [2.24, 2.45) is 0 Å². The van der Waals surface area contributed by atoms with Gasteiger partial charge in [0.2, 0.25) is 10.0 Å². The fourth-order valence-electron chi connectivity index (χ4n) is 3.70. The number of rotatable bonds is 6. The van der Waals surface area contributed by atoms with Crippen LogP contribution in [-0.4, -0.2) is 51.0 Å². The molecule has 0 amide bonds. The molecule has 33 heavy (non-hydrogen) atoms. The van der Waals surface area contributed by atoms with Gasteiger partial charge in [0.05, 0.1) is 23.3 Å². The van der Waals surface area contributed by atoms with Gasteiger partial charge in [-0.3, -0.25) is 0 Å². The van der Waals surface area contributed by atoms with Crippen LogP contribution in [0.15, 0.2) is 58.8 Å². The van der Waals surface area contributed by atoms with Crippen LogP contribution in [0.2, 0.25) is 0 Å². The van der Waals surface area contributed by atoms with E-state index in [1.807, 2.05) is 34.5 Å². The van der Waals surface area contributed by atoms with Gasteiger partial charge in [-0.1, -0.05) is 24.3 Å². The normalized spacial score (nSPS) is 15.6. The van der Waals surface area contributed by atoms with E-state index in [0.29, 0.717) is 19.5 Å². The molecule has 0 aliphatic carbocycles. The van der Waals surface area contributed by atoms with E-state index < -0.39 is 26.7 Å². The molecular weight excluding hydrogens is 475 g/mol. The second kappa shape index (κ2) is 9.32. The average molecular weight is 498 g/mol. The van der Waals surface area contributed by atoms with Gasteiger partial charge in [-0.05, 0) is 29.8 Å². The molecule has 6 nitrogen and oxygen atoms in total. The molecule has 0 bridgehead atoms. The van der Waals surface area contributed by atoms with Gasteiger partial charge in [0.1, 0.15) is 5.75 Å². The lowest BCUT2D eigenvalue weighted by Crippen LogP contribution is -2.49. The molecule has 0 N–H and O–H groups in total. The maximum absolute atomic E-state index is 13.3. The summed E-state index contributed by atoms with van der Waals surface area (Å²) in [7, 11) is -2.65. The number of ether oxygens (including phenoxy) is 1. The minimum atomic E-state index is -4.74. The summed E-state index contributed by atoms with van der Waals surface area (Å²) < 4.78 is 72.2. The maximum atomic E-state index is 13.3. The minimum Gasteiger partial charge on any atom is -0.497 e. The average Bonchev–Trinajstić information content (AvgIpc) is 3.27. The second-order valence-corrected chi connectivity index (χ2v) is 10.3. The summed E-state index contributed by atoms with van der Waals surface area (Å²) in [4.78, 5) is 5.92. The Labute approximate surface area is 194 Å². The molecule has 1 aliphatic heterocycles. The summed E-state index contributed by atoms with van der Waals surface area (Å²) in [6, 6.07) is 12.0. The lowest BCUT2D eigenvalue weighted by molar-refractivity contribution is -0.139. The van der Waals surface area contributed by atoms with Crippen LogP contribution in [-0.2, 0) is 22.6 Å². The highest BCUT2D eigenvalue weighted by atomic mass is 32.2. The monoisotopic (exact) mass is 497 g/mol. The zero-order chi connectivity index (χ0) is 23.6. The molecule has 176 valence electrons. The van der Waals surface area contributed by atoms with Crippen LogP contribution in [0.4, 0.5) is 18.3 Å². The Hall–Kier alpha value is -2.63. The number of benzene rings is 2. The zero-order valence-corrected chi connectivity index (χ0v) is 19.4. The van der Waals surface area contributed by atoms with Crippen LogP contribution in [0, 0.1) is 0 Å². The molecule has 0 unspecified atom stereocenters. The molecule has 1 aliphatic rings. The van der Waals surface area contributed by atoms with Gasteiger partial charge in [-0.2, -0.15) is 17.5 Å². The fourth-order valence-corrected chi connectivity index (χ4v) is 6.21. The van der Waals surface area contributed by atoms with E-state index in [1.54, 1.807) is 7.11 Å². The number of piperazine rings is 1. The Morgan fingerprint density at radius 1 is 1.06 bits per heavy atom. The number of aromatic nitrogens is 1. The molecule has 0 radical (unpaired) electrons. The van der Waals surface area contributed by atoms with Crippen molar-refractivity contribution in [3.05, 3.63) is 70.7 Å². The van der Waals surface area contributed by atoms with Crippen molar-refractivity contribution in [2.45, 2.75) is 17.5 Å². The Bertz CT molecular complexity index is 1220. The number of anilines is 1. The molecule has 3 aromatic rings. The van der Waals surface area contributed by atoms with Gasteiger partial charge in [-0.25, -0.2) is 13.4 Å². The van der Waals surface area contributed by atoms with Crippen molar-refractivity contribution in [1.82, 2.24) is 9.29 Å². The van der Waals surface area contributed by atoms with Crippen LogP contribution >= 0.6 is 11.3 Å². The summed E-state index contributed by atoms with van der Waals surface area (Å²) in [5, 5.41) is 2.72. The Morgan fingerprint density at radius 2 is 1.79 bits per heavy atom. The summed E-state index contributed by atoms with van der Waals surface area (Å²) in [5.74, 6) is 0.771. The summed E-state index contributed by atoms with van der Waals surface area (Å²) in [6.07, 6.45) is -4.11. The molecule has 1 aromatic heterocycles. The predicted octanol–water partition coefficient (Wildman–Crippen LogP) is 4.27. The van der Waals surface area contributed by atoms with Crippen molar-refractivity contribution in [3.8, 4) is 5.75 Å². The molecular formula is C22H22F3N3O3S2. The quantitative estimate of drug-likeness (QED) is 0.509. The third-order valence-electron chi connectivity index (χ3n) is 5.38. The standard InChI is InChI=1S/C22H22F3N3O3S2/c1-31-18-6-4-5-16(14-18)13-17-15-32-21(26-17)27-9-11-28(12-10-27)33(29,30)20-8-3-2-7-19(20)22(23,24)25/h2-8,14-15H,9-13H2,1H3. The number of hydrogen-bond acceptors (Lipinski definition) is 6. The molecule has 4 rings (SSSR count). The fraction of sp³-hybridized carbons (Fsp3) is 0.318. The van der Waals surface area contributed by atoms with Crippen molar-refractivity contribution < 1.29 is 26.3 Å². The topological polar surface area (TPSA) is 62.7 Å². The van der Waals surface area contributed by atoms with Gasteiger partial charge in [0.25, 0.3) is 0 Å². The molecule has 2 aromatic carbocycles. The highest BCUT2D eigenvalue weighted by Crippen LogP contribution is 2.35. The van der Waals surface area contributed by atoms with Crippen LogP contribution in [0.5, 0.6) is 5.75 Å². The SMILES string of the molecule is COc1cccc(Cc2csc(N3CCN(S(=O)(=O)c4ccccc4C(F)(F)F)CC3)n2)c1. The number of alkyl halides is 3. The van der Waals surface area contributed by atoms with Crippen LogP contribution in [0.25, 0.3) is 0 Å². The maximum Gasteiger partial charge on any atom is 0.417 e. The number of sulfonamides is 1. The Kier molecular flexibility index (Phi) is 6.64. The molecule has 1 fully saturated rings. The number of nitrogens with zero attached hydrogens (tertiary/aromatic N) is 3. The first kappa shape index (κ1) is 23.5. The highest BCUT2D eigenvalue weighted by Gasteiger charge is 2.39. The van der Waals surface area contributed by atoms with E-state index in [4.69, 9.17) is 4.74 Å². The largest absolute Gasteiger partial charge is 0.497 e. The third-order valence-corrected chi connectivity index (χ3v) is 8.29. The van der Waals surface area contributed by atoms with Crippen molar-refractivity contribution in [3.63, 3.8) is 0 Å². The van der Waals surface area contributed by atoms with E-state index in [9.17, 15) is 21.6 Å². The van der Waals surface area contributed by atoms with Gasteiger partial charge in [0.15, 0.2) is 5.13 Å². The Balaban J connectivity index is 1.43. The second-order valence-electron chi connectivity index (χ2n) is 7.53. The molecule has 0 atom stereocenters. The third kappa shape index (κ3) is 5.15. The van der Waals surface area contributed by atoms with E-state index in [2.05, 4.69) is 4.98 Å². The first-order valence-corrected chi connectivity index (χ1v) is 12.5. The van der Waals surface area contributed by atoms with E-state index in [1.165, 1.54) is 23.5 Å². The number of halogens is 3. The van der Waals surface area contributed by atoms with Gasteiger partial charge >= 0.3 is 6.18 Å². The predicted molar refractivity (Wildman–Crippen MR) is 120 cm³/mol. The lowest BCUT2D eigenvalue weighted by atomic mass is 10.1. The number of hydrogen-bond donors (Lipinski definition) is 0. The van der Waals surface area contributed by atoms with Crippen molar-refractivity contribution >= 4 is 26.5 Å². The van der Waals surface area contributed by atoms with Crippen molar-refractivity contribution in [2.75, 3.05) is 38.2 Å². The molecule has 0 spiro atoms. The van der Waals surface area contributed by atoms with Gasteiger partial charge < -0.3 is 9.64 Å². The molecule has 2 heterocycles. The number of methoxy groups -OCH3 is 1. The van der Waals surface area contributed by atoms with Crippen molar-refractivity contribution in [1.29, 1.82) is 0 Å². The van der Waals surface area contributed by atoms with E-state index >= 15 is 0 Å². The zero-order valence-electron chi connectivity index (χ0n) is 17.7. The molecule has 1 saturated heterocycles. The van der Waals surface area contributed by atoms with Gasteiger partial charge in [0, 0.05) is 38.0 Å². The number of thiazole rings is 1. The first-order valence-electron chi connectivity index (χ1n) is 10.2. The molecule has 11 heteroatoms. The Morgan fingerprint density at radius 3 is 2.48 bits per heavy atom. The van der Waals surface area contributed by atoms with E-state index in [-0.39, 0.29) is 13.1 Å². The lowest BCUT2D eigenvalue weighted by Gasteiger charge is -2.34.